The summed E-state index contributed by atoms with van der Waals surface area (Å²) in [6.07, 6.45) is 0. The molecule has 0 aliphatic heterocycles. The Morgan fingerprint density at radius 3 is 2.48 bits per heavy atom. The molecule has 2 N–H and O–H groups in total. The van der Waals surface area contributed by atoms with Crippen LogP contribution < -0.4 is 10.6 Å². The van der Waals surface area contributed by atoms with Gasteiger partial charge in [-0.3, -0.25) is 10.1 Å². The average Bonchev–Trinajstić information content (AvgIpc) is 2.40. The van der Waals surface area contributed by atoms with Gasteiger partial charge in [0.05, 0.1) is 4.92 Å². The summed E-state index contributed by atoms with van der Waals surface area (Å²) in [7, 11) is 0. The molecule has 0 aliphatic rings. The number of thiocarbonyl (C=S) groups is 1. The monoisotopic (exact) mass is 325 g/mol. The molecule has 0 saturated heterocycles. The summed E-state index contributed by atoms with van der Waals surface area (Å²) < 4.78 is 13.2. The fourth-order valence-corrected chi connectivity index (χ4v) is 2.02. The minimum absolute atomic E-state index is 0.207. The van der Waals surface area contributed by atoms with Crippen molar-refractivity contribution in [1.82, 2.24) is 0 Å². The van der Waals surface area contributed by atoms with Gasteiger partial charge in [0.2, 0.25) is 5.82 Å². The molecule has 0 amide bonds. The SMILES string of the molecule is O=[N+]([O-])c1cc(NC(=S)Nc2cccc(Cl)c2)ccc1F. The fourth-order valence-electron chi connectivity index (χ4n) is 1.59. The van der Waals surface area contributed by atoms with Gasteiger partial charge in [0.15, 0.2) is 5.11 Å². The van der Waals surface area contributed by atoms with E-state index in [4.69, 9.17) is 23.8 Å². The molecule has 8 heteroatoms. The molecule has 0 spiro atoms. The van der Waals surface area contributed by atoms with Gasteiger partial charge in [0.1, 0.15) is 0 Å². The molecule has 108 valence electrons. The highest BCUT2D eigenvalue weighted by atomic mass is 35.5. The first kappa shape index (κ1) is 15.1. The topological polar surface area (TPSA) is 67.2 Å². The van der Waals surface area contributed by atoms with Crippen molar-refractivity contribution in [1.29, 1.82) is 0 Å². The van der Waals surface area contributed by atoms with Gasteiger partial charge in [-0.2, -0.15) is 4.39 Å². The molecule has 0 heterocycles. The van der Waals surface area contributed by atoms with Crippen LogP contribution in [-0.2, 0) is 0 Å². The van der Waals surface area contributed by atoms with Gasteiger partial charge in [-0.05, 0) is 42.5 Å². The lowest BCUT2D eigenvalue weighted by molar-refractivity contribution is -0.387. The Balaban J connectivity index is 2.09. The molecule has 2 aromatic carbocycles. The van der Waals surface area contributed by atoms with Crippen molar-refractivity contribution in [3.8, 4) is 0 Å². The first-order chi connectivity index (χ1) is 9.95. The van der Waals surface area contributed by atoms with E-state index in [2.05, 4.69) is 10.6 Å². The van der Waals surface area contributed by atoms with E-state index in [0.717, 1.165) is 12.1 Å². The van der Waals surface area contributed by atoms with Crippen LogP contribution in [0, 0.1) is 15.9 Å². The summed E-state index contributed by atoms with van der Waals surface area (Å²) in [5.41, 5.74) is 0.352. The third-order valence-corrected chi connectivity index (χ3v) is 2.92. The third kappa shape index (κ3) is 4.11. The maximum Gasteiger partial charge on any atom is 0.306 e. The van der Waals surface area contributed by atoms with E-state index < -0.39 is 16.4 Å². The van der Waals surface area contributed by atoms with Crippen LogP contribution in [0.25, 0.3) is 0 Å². The summed E-state index contributed by atoms with van der Waals surface area (Å²) >= 11 is 10.9. The van der Waals surface area contributed by atoms with Crippen LogP contribution in [0.15, 0.2) is 42.5 Å². The summed E-state index contributed by atoms with van der Waals surface area (Å²) in [4.78, 5) is 9.87. The number of nitrogens with zero attached hydrogens (tertiary/aromatic N) is 1. The molecule has 0 aromatic heterocycles. The van der Waals surface area contributed by atoms with Gasteiger partial charge >= 0.3 is 5.69 Å². The van der Waals surface area contributed by atoms with E-state index >= 15 is 0 Å². The maximum absolute atomic E-state index is 13.2. The Bertz CT molecular complexity index is 712. The molecule has 0 aliphatic carbocycles. The van der Waals surface area contributed by atoms with Gasteiger partial charge in [-0.15, -0.1) is 0 Å². The second-order valence-electron chi connectivity index (χ2n) is 4.01. The highest BCUT2D eigenvalue weighted by Gasteiger charge is 2.14. The summed E-state index contributed by atoms with van der Waals surface area (Å²) in [5.74, 6) is -0.903. The van der Waals surface area contributed by atoms with Crippen molar-refractivity contribution < 1.29 is 9.31 Å². The Hall–Kier alpha value is -2.25. The highest BCUT2D eigenvalue weighted by Crippen LogP contribution is 2.22. The second kappa shape index (κ2) is 6.47. The van der Waals surface area contributed by atoms with E-state index in [1.54, 1.807) is 24.3 Å². The van der Waals surface area contributed by atoms with Gasteiger partial charge < -0.3 is 10.6 Å². The molecule has 0 radical (unpaired) electrons. The van der Waals surface area contributed by atoms with Crippen molar-refractivity contribution in [3.63, 3.8) is 0 Å². The zero-order valence-electron chi connectivity index (χ0n) is 10.5. The smallest absolute Gasteiger partial charge is 0.306 e. The number of hydrogen-bond acceptors (Lipinski definition) is 3. The van der Waals surface area contributed by atoms with Crippen LogP contribution in [0.3, 0.4) is 0 Å². The Morgan fingerprint density at radius 1 is 1.19 bits per heavy atom. The summed E-state index contributed by atoms with van der Waals surface area (Å²) in [5, 5.41) is 17.0. The second-order valence-corrected chi connectivity index (χ2v) is 4.86. The van der Waals surface area contributed by atoms with Crippen LogP contribution in [0.1, 0.15) is 0 Å². The van der Waals surface area contributed by atoms with Crippen LogP contribution in [0.5, 0.6) is 0 Å². The molecular weight excluding hydrogens is 317 g/mol. The number of nitrogens with one attached hydrogen (secondary N) is 2. The molecule has 0 saturated carbocycles. The third-order valence-electron chi connectivity index (χ3n) is 2.48. The van der Waals surface area contributed by atoms with Gasteiger partial charge in [0, 0.05) is 22.5 Å². The fraction of sp³-hybridized carbons (Fsp3) is 0. The molecule has 0 atom stereocenters. The number of nitro groups is 1. The van der Waals surface area contributed by atoms with Crippen molar-refractivity contribution in [3.05, 3.63) is 63.4 Å². The molecule has 5 nitrogen and oxygen atoms in total. The Labute approximate surface area is 129 Å². The van der Waals surface area contributed by atoms with Crippen LogP contribution >= 0.6 is 23.8 Å². The van der Waals surface area contributed by atoms with Crippen molar-refractivity contribution in [2.24, 2.45) is 0 Å². The van der Waals surface area contributed by atoms with Crippen LogP contribution in [0.4, 0.5) is 21.5 Å². The zero-order chi connectivity index (χ0) is 15.4. The number of hydrogen-bond donors (Lipinski definition) is 2. The molecule has 0 bridgehead atoms. The number of benzene rings is 2. The number of rotatable bonds is 3. The molecular formula is C13H9ClFN3O2S. The minimum Gasteiger partial charge on any atom is -0.332 e. The number of anilines is 2. The first-order valence-electron chi connectivity index (χ1n) is 5.73. The lowest BCUT2D eigenvalue weighted by Crippen LogP contribution is -2.19. The highest BCUT2D eigenvalue weighted by molar-refractivity contribution is 7.80. The minimum atomic E-state index is -0.903. The van der Waals surface area contributed by atoms with E-state index in [0.29, 0.717) is 16.4 Å². The quantitative estimate of drug-likeness (QED) is 0.503. The molecule has 0 fully saturated rings. The van der Waals surface area contributed by atoms with Crippen molar-refractivity contribution in [2.75, 3.05) is 10.6 Å². The predicted octanol–water partition coefficient (Wildman–Crippen LogP) is 4.20. The van der Waals surface area contributed by atoms with Gasteiger partial charge in [0.25, 0.3) is 0 Å². The molecule has 2 rings (SSSR count). The first-order valence-corrected chi connectivity index (χ1v) is 6.52. The lowest BCUT2D eigenvalue weighted by atomic mass is 10.2. The van der Waals surface area contributed by atoms with Gasteiger partial charge in [-0.1, -0.05) is 17.7 Å². The number of halogens is 2. The predicted molar refractivity (Wildman–Crippen MR) is 84.3 cm³/mol. The molecule has 2 aromatic rings. The summed E-state index contributed by atoms with van der Waals surface area (Å²) in [6.45, 7) is 0. The average molecular weight is 326 g/mol. The number of nitro benzene ring substituents is 1. The lowest BCUT2D eigenvalue weighted by Gasteiger charge is -2.10. The van der Waals surface area contributed by atoms with Crippen molar-refractivity contribution >= 4 is 46.0 Å². The Morgan fingerprint density at radius 2 is 1.86 bits per heavy atom. The Kier molecular flexibility index (Phi) is 4.66. The van der Waals surface area contributed by atoms with Gasteiger partial charge in [-0.25, -0.2) is 0 Å². The van der Waals surface area contributed by atoms with E-state index in [1.165, 1.54) is 6.07 Å². The standard InChI is InChI=1S/C13H9ClFN3O2S/c14-8-2-1-3-9(6-8)16-13(21)17-10-4-5-11(15)12(7-10)18(19)20/h1-7H,(H2,16,17,21). The van der Waals surface area contributed by atoms with E-state index in [9.17, 15) is 14.5 Å². The molecule has 0 unspecified atom stereocenters. The maximum atomic E-state index is 13.2. The van der Waals surface area contributed by atoms with Crippen LogP contribution in [-0.4, -0.2) is 10.0 Å². The molecule has 21 heavy (non-hydrogen) atoms. The normalized spacial score (nSPS) is 10.0. The van der Waals surface area contributed by atoms with E-state index in [-0.39, 0.29) is 5.11 Å². The summed E-state index contributed by atoms with van der Waals surface area (Å²) in [6, 6.07) is 10.3. The van der Waals surface area contributed by atoms with E-state index in [1.807, 2.05) is 0 Å². The van der Waals surface area contributed by atoms with Crippen LogP contribution in [0.2, 0.25) is 5.02 Å². The van der Waals surface area contributed by atoms with Crippen molar-refractivity contribution in [2.45, 2.75) is 0 Å². The largest absolute Gasteiger partial charge is 0.332 e. The zero-order valence-corrected chi connectivity index (χ0v) is 12.0.